The third-order valence-electron chi connectivity index (χ3n) is 5.36. The number of hydrogen-bond acceptors (Lipinski definition) is 5. The van der Waals surface area contributed by atoms with Crippen molar-refractivity contribution < 1.29 is 13.2 Å². The van der Waals surface area contributed by atoms with E-state index in [-0.39, 0.29) is 5.91 Å². The number of carbonyl (C=O) groups excluding carboxylic acids is 1. The molecule has 0 fully saturated rings. The fourth-order valence-corrected chi connectivity index (χ4v) is 4.45. The van der Waals surface area contributed by atoms with Gasteiger partial charge in [-0.15, -0.1) is 0 Å². The molecular formula is C23H24N4O3S. The highest BCUT2D eigenvalue weighted by atomic mass is 32.2. The third-order valence-corrected chi connectivity index (χ3v) is 6.61. The van der Waals surface area contributed by atoms with Crippen molar-refractivity contribution in [2.75, 3.05) is 23.4 Å². The molecule has 0 bridgehead atoms. The summed E-state index contributed by atoms with van der Waals surface area (Å²) >= 11 is 0. The van der Waals surface area contributed by atoms with Gasteiger partial charge in [-0.3, -0.25) is 4.79 Å². The van der Waals surface area contributed by atoms with Gasteiger partial charge in [0.1, 0.15) is 5.82 Å². The van der Waals surface area contributed by atoms with Crippen molar-refractivity contribution in [1.29, 1.82) is 0 Å². The minimum Gasteiger partial charge on any atom is -0.340 e. The highest BCUT2D eigenvalue weighted by Crippen LogP contribution is 2.28. The quantitative estimate of drug-likeness (QED) is 0.636. The summed E-state index contributed by atoms with van der Waals surface area (Å²) in [5.41, 5.74) is 4.85. The van der Waals surface area contributed by atoms with Gasteiger partial charge in [-0.05, 0) is 54.8 Å². The molecule has 2 heterocycles. The molecule has 3 aromatic rings. The van der Waals surface area contributed by atoms with E-state index in [9.17, 15) is 13.2 Å². The van der Waals surface area contributed by atoms with Crippen molar-refractivity contribution >= 4 is 33.1 Å². The molecule has 1 aliphatic rings. The van der Waals surface area contributed by atoms with Crippen molar-refractivity contribution in [3.8, 4) is 0 Å². The van der Waals surface area contributed by atoms with Crippen LogP contribution < -0.4 is 10.6 Å². The van der Waals surface area contributed by atoms with E-state index in [4.69, 9.17) is 0 Å². The Bertz CT molecular complexity index is 1230. The standard InChI is InChI=1S/C23H24N4O3S/c1-16-8-9-19(14-21(16)23(28)26-18-6-4-3-5-7-18)25-22-20-11-13-27(31(2,29)30)15-17(20)10-12-24-22/h3-10,12,14H,11,13,15H2,1-2H3,(H,24,25)(H,26,28). The Morgan fingerprint density at radius 2 is 1.84 bits per heavy atom. The summed E-state index contributed by atoms with van der Waals surface area (Å²) < 4.78 is 25.3. The van der Waals surface area contributed by atoms with Crippen LogP contribution in [0.15, 0.2) is 60.8 Å². The van der Waals surface area contributed by atoms with Crippen molar-refractivity contribution in [2.45, 2.75) is 19.9 Å². The third kappa shape index (κ3) is 4.76. The monoisotopic (exact) mass is 436 g/mol. The van der Waals surface area contributed by atoms with Crippen LogP contribution in [0.1, 0.15) is 27.0 Å². The SMILES string of the molecule is Cc1ccc(Nc2nccc3c2CCN(S(C)(=O)=O)C3)cc1C(=O)Nc1ccccc1. The maximum Gasteiger partial charge on any atom is 0.256 e. The lowest BCUT2D eigenvalue weighted by atomic mass is 10.0. The number of fused-ring (bicyclic) bond motifs is 1. The van der Waals surface area contributed by atoms with Crippen molar-refractivity contribution in [3.05, 3.63) is 83.0 Å². The number of anilines is 3. The summed E-state index contributed by atoms with van der Waals surface area (Å²) in [6.45, 7) is 2.65. The van der Waals surface area contributed by atoms with Crippen molar-refractivity contribution in [1.82, 2.24) is 9.29 Å². The van der Waals surface area contributed by atoms with Gasteiger partial charge in [0.2, 0.25) is 10.0 Å². The molecule has 0 radical (unpaired) electrons. The number of pyridine rings is 1. The van der Waals surface area contributed by atoms with Crippen LogP contribution in [0.2, 0.25) is 0 Å². The molecule has 1 amide bonds. The number of rotatable bonds is 5. The first-order valence-corrected chi connectivity index (χ1v) is 11.8. The minimum absolute atomic E-state index is 0.181. The van der Waals surface area contributed by atoms with E-state index in [1.807, 2.05) is 55.5 Å². The average Bonchev–Trinajstić information content (AvgIpc) is 2.75. The Balaban J connectivity index is 1.57. The number of aromatic nitrogens is 1. The number of hydrogen-bond donors (Lipinski definition) is 2. The molecule has 0 atom stereocenters. The number of para-hydroxylation sites is 1. The largest absolute Gasteiger partial charge is 0.340 e. The van der Waals surface area contributed by atoms with Gasteiger partial charge in [0.05, 0.1) is 6.26 Å². The normalized spacial score (nSPS) is 14.0. The molecule has 1 aliphatic heterocycles. The lowest BCUT2D eigenvalue weighted by molar-refractivity contribution is 0.102. The van der Waals surface area contributed by atoms with E-state index in [0.717, 1.165) is 28.1 Å². The average molecular weight is 437 g/mol. The predicted molar refractivity (Wildman–Crippen MR) is 122 cm³/mol. The second-order valence-electron chi connectivity index (χ2n) is 7.62. The number of benzene rings is 2. The fourth-order valence-electron chi connectivity index (χ4n) is 3.66. The fraction of sp³-hybridized carbons (Fsp3) is 0.217. The molecule has 7 nitrogen and oxygen atoms in total. The molecule has 2 N–H and O–H groups in total. The first-order valence-electron chi connectivity index (χ1n) is 9.97. The van der Waals surface area contributed by atoms with E-state index in [1.54, 1.807) is 12.3 Å². The Hall–Kier alpha value is -3.23. The Kier molecular flexibility index (Phi) is 5.75. The van der Waals surface area contributed by atoms with Gasteiger partial charge < -0.3 is 10.6 Å². The lowest BCUT2D eigenvalue weighted by Gasteiger charge is -2.28. The highest BCUT2D eigenvalue weighted by molar-refractivity contribution is 7.88. The van der Waals surface area contributed by atoms with Crippen LogP contribution in [0.3, 0.4) is 0 Å². The second kappa shape index (κ2) is 8.49. The van der Waals surface area contributed by atoms with Crippen LogP contribution in [0, 0.1) is 6.92 Å². The molecule has 31 heavy (non-hydrogen) atoms. The Labute approximate surface area is 182 Å². The molecule has 0 unspecified atom stereocenters. The predicted octanol–water partition coefficient (Wildman–Crippen LogP) is 3.70. The zero-order valence-corrected chi connectivity index (χ0v) is 18.2. The summed E-state index contributed by atoms with van der Waals surface area (Å²) in [6, 6.07) is 16.8. The number of aryl methyl sites for hydroxylation is 1. The van der Waals surface area contributed by atoms with E-state index < -0.39 is 10.0 Å². The van der Waals surface area contributed by atoms with E-state index in [0.29, 0.717) is 30.9 Å². The maximum absolute atomic E-state index is 12.8. The molecule has 0 saturated heterocycles. The first-order chi connectivity index (χ1) is 14.8. The van der Waals surface area contributed by atoms with Gasteiger partial charge in [0.25, 0.3) is 5.91 Å². The molecule has 160 valence electrons. The number of sulfonamides is 1. The van der Waals surface area contributed by atoms with Gasteiger partial charge in [-0.25, -0.2) is 13.4 Å². The highest BCUT2D eigenvalue weighted by Gasteiger charge is 2.25. The zero-order valence-electron chi connectivity index (χ0n) is 17.4. The summed E-state index contributed by atoms with van der Waals surface area (Å²) in [6.07, 6.45) is 3.47. The van der Waals surface area contributed by atoms with Gasteiger partial charge >= 0.3 is 0 Å². The summed E-state index contributed by atoms with van der Waals surface area (Å²) in [5.74, 6) is 0.503. The zero-order chi connectivity index (χ0) is 22.0. The summed E-state index contributed by atoms with van der Waals surface area (Å²) in [7, 11) is -3.24. The number of carbonyl (C=O) groups is 1. The number of amides is 1. The van der Waals surface area contributed by atoms with Gasteiger partial charge in [0, 0.05) is 41.8 Å². The number of nitrogens with one attached hydrogen (secondary N) is 2. The van der Waals surface area contributed by atoms with Crippen LogP contribution >= 0.6 is 0 Å². The molecule has 4 rings (SSSR count). The second-order valence-corrected chi connectivity index (χ2v) is 9.60. The van der Waals surface area contributed by atoms with Crippen LogP contribution in [0.5, 0.6) is 0 Å². The van der Waals surface area contributed by atoms with Crippen LogP contribution in [-0.4, -0.2) is 36.4 Å². The molecule has 0 spiro atoms. The molecule has 1 aromatic heterocycles. The van der Waals surface area contributed by atoms with E-state index in [2.05, 4.69) is 15.6 Å². The topological polar surface area (TPSA) is 91.4 Å². The van der Waals surface area contributed by atoms with Gasteiger partial charge in [0.15, 0.2) is 0 Å². The molecule has 8 heteroatoms. The summed E-state index contributed by atoms with van der Waals surface area (Å²) in [4.78, 5) is 17.2. The van der Waals surface area contributed by atoms with Gasteiger partial charge in [-0.2, -0.15) is 4.31 Å². The molecule has 0 aliphatic carbocycles. The lowest BCUT2D eigenvalue weighted by Crippen LogP contribution is -2.35. The number of nitrogens with zero attached hydrogens (tertiary/aromatic N) is 2. The Morgan fingerprint density at radius 3 is 2.58 bits per heavy atom. The van der Waals surface area contributed by atoms with E-state index >= 15 is 0 Å². The van der Waals surface area contributed by atoms with Crippen molar-refractivity contribution in [3.63, 3.8) is 0 Å². The first kappa shape index (κ1) is 21.0. The van der Waals surface area contributed by atoms with Crippen LogP contribution in [0.4, 0.5) is 17.2 Å². The maximum atomic E-state index is 12.8. The molecule has 0 saturated carbocycles. The van der Waals surface area contributed by atoms with E-state index in [1.165, 1.54) is 10.6 Å². The van der Waals surface area contributed by atoms with Gasteiger partial charge in [-0.1, -0.05) is 24.3 Å². The van der Waals surface area contributed by atoms with Crippen LogP contribution in [0.25, 0.3) is 0 Å². The molecule has 2 aromatic carbocycles. The van der Waals surface area contributed by atoms with Crippen LogP contribution in [-0.2, 0) is 23.0 Å². The minimum atomic E-state index is -3.24. The molecular weight excluding hydrogens is 412 g/mol. The Morgan fingerprint density at radius 1 is 1.06 bits per heavy atom. The summed E-state index contributed by atoms with van der Waals surface area (Å²) in [5, 5.41) is 6.23. The van der Waals surface area contributed by atoms with Crippen molar-refractivity contribution in [2.24, 2.45) is 0 Å². The smallest absolute Gasteiger partial charge is 0.256 e.